The maximum atomic E-state index is 12.6. The molecule has 8 heteroatoms. The molecular formula is C21H26N2O5S. The molecule has 1 heterocycles. The number of morpholine rings is 1. The fourth-order valence-electron chi connectivity index (χ4n) is 2.96. The second-order valence-corrected chi connectivity index (χ2v) is 8.79. The summed E-state index contributed by atoms with van der Waals surface area (Å²) in [6.45, 7) is 4.23. The van der Waals surface area contributed by atoms with Gasteiger partial charge in [-0.1, -0.05) is 29.8 Å². The first-order valence-corrected chi connectivity index (χ1v) is 11.0. The van der Waals surface area contributed by atoms with Crippen LogP contribution in [0.15, 0.2) is 53.4 Å². The van der Waals surface area contributed by atoms with Gasteiger partial charge >= 0.3 is 0 Å². The highest BCUT2D eigenvalue weighted by atomic mass is 32.2. The van der Waals surface area contributed by atoms with Crippen LogP contribution in [0.2, 0.25) is 0 Å². The number of carbonyl (C=O) groups is 1. The molecule has 1 N–H and O–H groups in total. The minimum atomic E-state index is -3.51. The number of hydrogen-bond acceptors (Lipinski definition) is 5. The fraction of sp³-hybridized carbons (Fsp3) is 0.381. The van der Waals surface area contributed by atoms with E-state index in [0.29, 0.717) is 51.6 Å². The molecule has 29 heavy (non-hydrogen) atoms. The zero-order chi connectivity index (χ0) is 20.7. The van der Waals surface area contributed by atoms with Gasteiger partial charge in [0, 0.05) is 13.1 Å². The van der Waals surface area contributed by atoms with Gasteiger partial charge in [-0.25, -0.2) is 8.42 Å². The van der Waals surface area contributed by atoms with E-state index in [0.717, 1.165) is 11.1 Å². The standard InChI is InChI=1S/C21H26N2O5S/c1-17-2-4-18(5-3-17)16-21(24)22-10-13-28-19-6-8-20(9-7-19)29(25,26)23-11-14-27-15-12-23/h2-9H,10-16H2,1H3,(H,22,24). The molecule has 0 atom stereocenters. The summed E-state index contributed by atoms with van der Waals surface area (Å²) in [6, 6.07) is 14.2. The monoisotopic (exact) mass is 418 g/mol. The van der Waals surface area contributed by atoms with E-state index in [1.54, 1.807) is 12.1 Å². The summed E-state index contributed by atoms with van der Waals surface area (Å²) in [6.07, 6.45) is 0.328. The van der Waals surface area contributed by atoms with Crippen molar-refractivity contribution in [3.8, 4) is 5.75 Å². The Morgan fingerprint density at radius 2 is 1.72 bits per heavy atom. The molecule has 1 aliphatic rings. The Labute approximate surface area is 171 Å². The van der Waals surface area contributed by atoms with Gasteiger partial charge in [-0.3, -0.25) is 4.79 Å². The van der Waals surface area contributed by atoms with Crippen molar-refractivity contribution in [1.29, 1.82) is 0 Å². The number of nitrogens with zero attached hydrogens (tertiary/aromatic N) is 1. The molecule has 0 bridgehead atoms. The Morgan fingerprint density at radius 3 is 2.38 bits per heavy atom. The Bertz CT molecular complexity index is 905. The number of nitrogens with one attached hydrogen (secondary N) is 1. The topological polar surface area (TPSA) is 84.9 Å². The highest BCUT2D eigenvalue weighted by molar-refractivity contribution is 7.89. The van der Waals surface area contributed by atoms with Gasteiger partial charge in [0.25, 0.3) is 0 Å². The van der Waals surface area contributed by atoms with Crippen molar-refractivity contribution in [2.24, 2.45) is 0 Å². The van der Waals surface area contributed by atoms with E-state index in [2.05, 4.69) is 5.32 Å². The average Bonchev–Trinajstić information content (AvgIpc) is 2.74. The third kappa shape index (κ3) is 6.03. The van der Waals surface area contributed by atoms with Gasteiger partial charge in [0.05, 0.1) is 31.1 Å². The summed E-state index contributed by atoms with van der Waals surface area (Å²) in [7, 11) is -3.51. The van der Waals surface area contributed by atoms with E-state index >= 15 is 0 Å². The first-order chi connectivity index (χ1) is 13.9. The van der Waals surface area contributed by atoms with E-state index in [4.69, 9.17) is 9.47 Å². The number of carbonyl (C=O) groups excluding carboxylic acids is 1. The predicted octanol–water partition coefficient (Wildman–Crippen LogP) is 1.75. The number of ether oxygens (including phenoxy) is 2. The van der Waals surface area contributed by atoms with Gasteiger partial charge < -0.3 is 14.8 Å². The van der Waals surface area contributed by atoms with E-state index in [-0.39, 0.29) is 10.8 Å². The lowest BCUT2D eigenvalue weighted by Crippen LogP contribution is -2.40. The second-order valence-electron chi connectivity index (χ2n) is 6.85. The molecule has 1 aliphatic heterocycles. The molecular weight excluding hydrogens is 392 g/mol. The quantitative estimate of drug-likeness (QED) is 0.661. The summed E-state index contributed by atoms with van der Waals surface area (Å²) < 4.78 is 37.4. The van der Waals surface area contributed by atoms with Crippen LogP contribution in [0.1, 0.15) is 11.1 Å². The number of rotatable bonds is 8. The zero-order valence-corrected chi connectivity index (χ0v) is 17.3. The van der Waals surface area contributed by atoms with Crippen molar-refractivity contribution >= 4 is 15.9 Å². The normalized spacial score (nSPS) is 15.1. The Kier molecular flexibility index (Phi) is 7.24. The molecule has 1 fully saturated rings. The fourth-order valence-corrected chi connectivity index (χ4v) is 4.36. The van der Waals surface area contributed by atoms with Crippen LogP contribution in [0.25, 0.3) is 0 Å². The summed E-state index contributed by atoms with van der Waals surface area (Å²) >= 11 is 0. The van der Waals surface area contributed by atoms with E-state index in [9.17, 15) is 13.2 Å². The van der Waals surface area contributed by atoms with Gasteiger partial charge in [-0.05, 0) is 36.8 Å². The molecule has 0 unspecified atom stereocenters. The Hall–Kier alpha value is -2.42. The molecule has 0 aliphatic carbocycles. The van der Waals surface area contributed by atoms with Crippen molar-refractivity contribution in [3.63, 3.8) is 0 Å². The number of aryl methyl sites for hydroxylation is 1. The lowest BCUT2D eigenvalue weighted by molar-refractivity contribution is -0.120. The van der Waals surface area contributed by atoms with Gasteiger partial charge in [0.2, 0.25) is 15.9 Å². The van der Waals surface area contributed by atoms with Gasteiger partial charge in [-0.15, -0.1) is 0 Å². The maximum Gasteiger partial charge on any atom is 0.243 e. The van der Waals surface area contributed by atoms with Crippen molar-refractivity contribution in [2.45, 2.75) is 18.2 Å². The highest BCUT2D eigenvalue weighted by Crippen LogP contribution is 2.20. The maximum absolute atomic E-state index is 12.6. The third-order valence-electron chi connectivity index (χ3n) is 4.61. The van der Waals surface area contributed by atoms with Crippen LogP contribution in [0.4, 0.5) is 0 Å². The zero-order valence-electron chi connectivity index (χ0n) is 16.5. The van der Waals surface area contributed by atoms with Crippen molar-refractivity contribution < 1.29 is 22.7 Å². The minimum absolute atomic E-state index is 0.0654. The third-order valence-corrected chi connectivity index (χ3v) is 6.52. The van der Waals surface area contributed by atoms with Crippen molar-refractivity contribution in [3.05, 3.63) is 59.7 Å². The van der Waals surface area contributed by atoms with Gasteiger partial charge in [0.15, 0.2) is 0 Å². The van der Waals surface area contributed by atoms with Crippen LogP contribution in [-0.4, -0.2) is 58.1 Å². The molecule has 2 aromatic carbocycles. The molecule has 7 nitrogen and oxygen atoms in total. The molecule has 0 saturated carbocycles. The summed E-state index contributed by atoms with van der Waals surface area (Å²) in [5, 5.41) is 2.82. The number of benzene rings is 2. The van der Waals surface area contributed by atoms with Crippen LogP contribution >= 0.6 is 0 Å². The van der Waals surface area contributed by atoms with Crippen LogP contribution in [-0.2, 0) is 26.0 Å². The first-order valence-electron chi connectivity index (χ1n) is 9.58. The SMILES string of the molecule is Cc1ccc(CC(=O)NCCOc2ccc(S(=O)(=O)N3CCOCC3)cc2)cc1. The van der Waals surface area contributed by atoms with Crippen molar-refractivity contribution in [2.75, 3.05) is 39.5 Å². The predicted molar refractivity (Wildman–Crippen MR) is 109 cm³/mol. The van der Waals surface area contributed by atoms with E-state index in [1.807, 2.05) is 31.2 Å². The van der Waals surface area contributed by atoms with E-state index < -0.39 is 10.0 Å². The smallest absolute Gasteiger partial charge is 0.243 e. The molecule has 0 aromatic heterocycles. The lowest BCUT2D eigenvalue weighted by Gasteiger charge is -2.26. The van der Waals surface area contributed by atoms with Gasteiger partial charge in [0.1, 0.15) is 12.4 Å². The van der Waals surface area contributed by atoms with Gasteiger partial charge in [-0.2, -0.15) is 4.31 Å². The minimum Gasteiger partial charge on any atom is -0.492 e. The molecule has 156 valence electrons. The molecule has 2 aromatic rings. The summed E-state index contributed by atoms with van der Waals surface area (Å²) in [4.78, 5) is 12.2. The summed E-state index contributed by atoms with van der Waals surface area (Å²) in [5.41, 5.74) is 2.12. The number of sulfonamides is 1. The lowest BCUT2D eigenvalue weighted by atomic mass is 10.1. The van der Waals surface area contributed by atoms with Crippen LogP contribution in [0, 0.1) is 6.92 Å². The Morgan fingerprint density at radius 1 is 1.07 bits per heavy atom. The summed E-state index contributed by atoms with van der Waals surface area (Å²) in [5.74, 6) is 0.489. The van der Waals surface area contributed by atoms with Crippen molar-refractivity contribution in [1.82, 2.24) is 9.62 Å². The number of amides is 1. The van der Waals surface area contributed by atoms with Crippen LogP contribution < -0.4 is 10.1 Å². The second kappa shape index (κ2) is 9.87. The molecule has 3 rings (SSSR count). The molecule has 1 saturated heterocycles. The number of hydrogen-bond donors (Lipinski definition) is 1. The highest BCUT2D eigenvalue weighted by Gasteiger charge is 2.26. The van der Waals surface area contributed by atoms with Crippen LogP contribution in [0.5, 0.6) is 5.75 Å². The van der Waals surface area contributed by atoms with E-state index in [1.165, 1.54) is 16.4 Å². The first kappa shape index (κ1) is 21.3. The molecule has 0 radical (unpaired) electrons. The molecule has 1 amide bonds. The Balaban J connectivity index is 1.43. The van der Waals surface area contributed by atoms with Crippen LogP contribution in [0.3, 0.4) is 0 Å². The average molecular weight is 419 g/mol. The molecule has 0 spiro atoms. The largest absolute Gasteiger partial charge is 0.492 e.